The van der Waals surface area contributed by atoms with E-state index in [0.717, 1.165) is 47.9 Å². The fourth-order valence-electron chi connectivity index (χ4n) is 3.27. The van der Waals surface area contributed by atoms with Crippen molar-refractivity contribution >= 4 is 41.7 Å². The van der Waals surface area contributed by atoms with E-state index in [1.807, 2.05) is 12.3 Å². The van der Waals surface area contributed by atoms with Crippen molar-refractivity contribution in [2.45, 2.75) is 44.0 Å². The maximum Gasteiger partial charge on any atom is 0.191 e. The highest BCUT2D eigenvalue weighted by atomic mass is 127. The van der Waals surface area contributed by atoms with E-state index in [1.54, 1.807) is 24.9 Å². The second-order valence-corrected chi connectivity index (χ2v) is 8.23. The molecule has 0 spiro atoms. The van der Waals surface area contributed by atoms with Crippen LogP contribution in [0.3, 0.4) is 0 Å². The molecule has 0 atom stereocenters. The van der Waals surface area contributed by atoms with Crippen molar-refractivity contribution in [3.05, 3.63) is 35.1 Å². The lowest BCUT2D eigenvalue weighted by molar-refractivity contribution is 0.256. The zero-order chi connectivity index (χ0) is 18.4. The number of guanidine groups is 1. The molecule has 0 saturated heterocycles. The third kappa shape index (κ3) is 7.77. The molecule has 2 fully saturated rings. The molecule has 2 aliphatic rings. The summed E-state index contributed by atoms with van der Waals surface area (Å²) in [6.45, 7) is 3.91. The SMILES string of the molecule is CN=C(NCCN(CC1CC1)C1CC1)NCc1ccc(F)cc1CSC.I. The molecule has 0 aromatic heterocycles. The lowest BCUT2D eigenvalue weighted by Gasteiger charge is -2.22. The van der Waals surface area contributed by atoms with Crippen molar-refractivity contribution in [1.29, 1.82) is 0 Å². The zero-order valence-electron chi connectivity index (χ0n) is 16.3. The van der Waals surface area contributed by atoms with Crippen molar-refractivity contribution in [3.63, 3.8) is 0 Å². The van der Waals surface area contributed by atoms with Crippen LogP contribution in [0, 0.1) is 11.7 Å². The van der Waals surface area contributed by atoms with Gasteiger partial charge in [0, 0.05) is 45.0 Å². The summed E-state index contributed by atoms with van der Waals surface area (Å²) in [4.78, 5) is 6.97. The highest BCUT2D eigenvalue weighted by Crippen LogP contribution is 2.34. The Morgan fingerprint density at radius 1 is 1.22 bits per heavy atom. The van der Waals surface area contributed by atoms with Crippen molar-refractivity contribution in [2.24, 2.45) is 10.9 Å². The fourth-order valence-corrected chi connectivity index (χ4v) is 3.85. The molecule has 2 N–H and O–H groups in total. The molecule has 7 heteroatoms. The van der Waals surface area contributed by atoms with Crippen LogP contribution >= 0.6 is 35.7 Å². The summed E-state index contributed by atoms with van der Waals surface area (Å²) in [6, 6.07) is 5.85. The van der Waals surface area contributed by atoms with Crippen LogP contribution in [0.15, 0.2) is 23.2 Å². The van der Waals surface area contributed by atoms with E-state index in [1.165, 1.54) is 38.3 Å². The van der Waals surface area contributed by atoms with Crippen LogP contribution in [-0.4, -0.2) is 49.8 Å². The number of nitrogens with zero attached hydrogens (tertiary/aromatic N) is 2. The molecule has 2 saturated carbocycles. The number of hydrogen-bond acceptors (Lipinski definition) is 3. The summed E-state index contributed by atoms with van der Waals surface area (Å²) in [5.41, 5.74) is 2.17. The quantitative estimate of drug-likeness (QED) is 0.288. The summed E-state index contributed by atoms with van der Waals surface area (Å²) in [5.74, 6) is 2.40. The van der Waals surface area contributed by atoms with Crippen LogP contribution < -0.4 is 10.6 Å². The summed E-state index contributed by atoms with van der Waals surface area (Å²) in [7, 11) is 1.80. The van der Waals surface area contributed by atoms with Gasteiger partial charge in [-0.25, -0.2) is 4.39 Å². The Bertz CT molecular complexity index is 620. The molecule has 1 aromatic carbocycles. The van der Waals surface area contributed by atoms with Crippen LogP contribution in [0.5, 0.6) is 0 Å². The maximum atomic E-state index is 13.5. The smallest absolute Gasteiger partial charge is 0.191 e. The Hall–Kier alpha value is -0.540. The number of halogens is 2. The average Bonchev–Trinajstić information content (AvgIpc) is 3.52. The van der Waals surface area contributed by atoms with Gasteiger partial charge in [0.25, 0.3) is 0 Å². The van der Waals surface area contributed by atoms with Crippen LogP contribution in [0.4, 0.5) is 4.39 Å². The third-order valence-corrected chi connectivity index (χ3v) is 5.68. The van der Waals surface area contributed by atoms with Gasteiger partial charge in [0.05, 0.1) is 0 Å². The summed E-state index contributed by atoms with van der Waals surface area (Å²) >= 11 is 1.71. The average molecular weight is 506 g/mol. The molecular formula is C20H32FIN4S. The van der Waals surface area contributed by atoms with E-state index < -0.39 is 0 Å². The lowest BCUT2D eigenvalue weighted by Crippen LogP contribution is -2.42. The second kappa shape index (κ2) is 11.5. The fraction of sp³-hybridized carbons (Fsp3) is 0.650. The topological polar surface area (TPSA) is 39.7 Å². The normalized spacial score (nSPS) is 17.0. The summed E-state index contributed by atoms with van der Waals surface area (Å²) in [5, 5.41) is 6.79. The van der Waals surface area contributed by atoms with E-state index >= 15 is 0 Å². The van der Waals surface area contributed by atoms with Crippen molar-refractivity contribution < 1.29 is 4.39 Å². The Balaban J connectivity index is 0.00000261. The molecule has 0 bridgehead atoms. The lowest BCUT2D eigenvalue weighted by atomic mass is 10.1. The molecule has 0 amide bonds. The first-order chi connectivity index (χ1) is 12.7. The number of rotatable bonds is 10. The number of hydrogen-bond donors (Lipinski definition) is 2. The van der Waals surface area contributed by atoms with E-state index in [9.17, 15) is 4.39 Å². The highest BCUT2D eigenvalue weighted by molar-refractivity contribution is 14.0. The first kappa shape index (κ1) is 22.7. The van der Waals surface area contributed by atoms with Crippen molar-refractivity contribution in [1.82, 2.24) is 15.5 Å². The minimum atomic E-state index is -0.170. The maximum absolute atomic E-state index is 13.5. The molecule has 152 valence electrons. The van der Waals surface area contributed by atoms with E-state index in [2.05, 4.69) is 20.5 Å². The van der Waals surface area contributed by atoms with Gasteiger partial charge in [-0.2, -0.15) is 11.8 Å². The Labute approximate surface area is 184 Å². The minimum absolute atomic E-state index is 0. The first-order valence-electron chi connectivity index (χ1n) is 9.64. The largest absolute Gasteiger partial charge is 0.355 e. The molecule has 0 unspecified atom stereocenters. The van der Waals surface area contributed by atoms with Gasteiger partial charge >= 0.3 is 0 Å². The summed E-state index contributed by atoms with van der Waals surface area (Å²) in [6.07, 6.45) is 7.59. The van der Waals surface area contributed by atoms with Gasteiger partial charge < -0.3 is 10.6 Å². The predicted molar refractivity (Wildman–Crippen MR) is 125 cm³/mol. The number of aliphatic imine (C=N–C) groups is 1. The van der Waals surface area contributed by atoms with Gasteiger partial charge in [-0.15, -0.1) is 24.0 Å². The molecule has 0 heterocycles. The molecule has 1 aromatic rings. The molecular weight excluding hydrogens is 474 g/mol. The van der Waals surface area contributed by atoms with Crippen molar-refractivity contribution in [2.75, 3.05) is 32.9 Å². The predicted octanol–water partition coefficient (Wildman–Crippen LogP) is 3.85. The highest BCUT2D eigenvalue weighted by Gasteiger charge is 2.33. The molecule has 0 aliphatic heterocycles. The van der Waals surface area contributed by atoms with Crippen LogP contribution in [0.1, 0.15) is 36.8 Å². The van der Waals surface area contributed by atoms with Crippen LogP contribution in [0.2, 0.25) is 0 Å². The van der Waals surface area contributed by atoms with Gasteiger partial charge in [-0.1, -0.05) is 6.07 Å². The monoisotopic (exact) mass is 506 g/mol. The van der Waals surface area contributed by atoms with Gasteiger partial charge in [-0.3, -0.25) is 9.89 Å². The van der Waals surface area contributed by atoms with E-state index in [4.69, 9.17) is 0 Å². The van der Waals surface area contributed by atoms with Gasteiger partial charge in [0.2, 0.25) is 0 Å². The van der Waals surface area contributed by atoms with E-state index in [0.29, 0.717) is 6.54 Å². The number of thioether (sulfide) groups is 1. The Kier molecular flexibility index (Phi) is 9.65. The minimum Gasteiger partial charge on any atom is -0.355 e. The first-order valence-corrected chi connectivity index (χ1v) is 11.0. The van der Waals surface area contributed by atoms with Crippen molar-refractivity contribution in [3.8, 4) is 0 Å². The number of benzene rings is 1. The molecule has 3 rings (SSSR count). The molecule has 4 nitrogen and oxygen atoms in total. The Morgan fingerprint density at radius 2 is 2.00 bits per heavy atom. The van der Waals surface area contributed by atoms with Crippen LogP contribution in [0.25, 0.3) is 0 Å². The van der Waals surface area contributed by atoms with Crippen LogP contribution in [-0.2, 0) is 12.3 Å². The molecule has 27 heavy (non-hydrogen) atoms. The molecule has 0 radical (unpaired) electrons. The second-order valence-electron chi connectivity index (χ2n) is 7.37. The standard InChI is InChI=1S/C20H31FN4S.HI/c1-22-20(23-9-10-25(19-7-8-19)13-15-3-4-15)24-12-16-5-6-18(21)11-17(16)14-26-2;/h5-6,11,15,19H,3-4,7-10,12-14H2,1-2H3,(H2,22,23,24);1H. The van der Waals surface area contributed by atoms with E-state index in [-0.39, 0.29) is 29.8 Å². The third-order valence-electron chi connectivity index (χ3n) is 5.08. The Morgan fingerprint density at radius 3 is 2.63 bits per heavy atom. The van der Waals surface area contributed by atoms with Gasteiger partial charge in [0.1, 0.15) is 5.82 Å². The zero-order valence-corrected chi connectivity index (χ0v) is 19.5. The molecule has 2 aliphatic carbocycles. The number of nitrogens with one attached hydrogen (secondary N) is 2. The van der Waals surface area contributed by atoms with Gasteiger partial charge in [-0.05, 0) is 61.1 Å². The summed E-state index contributed by atoms with van der Waals surface area (Å²) < 4.78 is 13.5. The van der Waals surface area contributed by atoms with Gasteiger partial charge in [0.15, 0.2) is 5.96 Å².